The quantitative estimate of drug-likeness (QED) is 0.790. The largest absolute Gasteiger partial charge is 0.455 e. The number of rotatable bonds is 2. The maximum atomic E-state index is 13.7. The molecule has 2 nitrogen and oxygen atoms in total. The van der Waals surface area contributed by atoms with E-state index in [9.17, 15) is 13.2 Å². The number of ether oxygens (including phenoxy) is 2. The fraction of sp³-hybridized carbons (Fsp3) is 0.333. The molecule has 1 aliphatic heterocycles. The molecule has 1 heterocycles. The first-order valence-electron chi connectivity index (χ1n) is 5.21. The van der Waals surface area contributed by atoms with Crippen LogP contribution < -0.4 is 0 Å². The summed E-state index contributed by atoms with van der Waals surface area (Å²) in [5.41, 5.74) is 0.336. The minimum Gasteiger partial charge on any atom is -0.455 e. The Hall–Kier alpha value is -1.65. The summed E-state index contributed by atoms with van der Waals surface area (Å²) in [6.45, 7) is 0. The van der Waals surface area contributed by atoms with Crippen LogP contribution in [0, 0.1) is 5.82 Å². The lowest BCUT2D eigenvalue weighted by atomic mass is 10.0. The van der Waals surface area contributed by atoms with E-state index in [1.54, 1.807) is 6.07 Å². The zero-order valence-electron chi connectivity index (χ0n) is 8.70. The van der Waals surface area contributed by atoms with Crippen molar-refractivity contribution in [3.05, 3.63) is 47.7 Å². The highest BCUT2D eigenvalue weighted by molar-refractivity contribution is 5.39. The van der Waals surface area contributed by atoms with Crippen molar-refractivity contribution in [2.24, 2.45) is 0 Å². The first kappa shape index (κ1) is 10.5. The molecule has 0 amide bonds. The summed E-state index contributed by atoms with van der Waals surface area (Å²) in [4.78, 5) is 0. The second-order valence-corrected chi connectivity index (χ2v) is 4.14. The molecule has 0 bridgehead atoms. The van der Waals surface area contributed by atoms with E-state index in [1.165, 1.54) is 24.7 Å². The van der Waals surface area contributed by atoms with E-state index in [0.29, 0.717) is 5.56 Å². The topological polar surface area (TPSA) is 18.5 Å². The fourth-order valence-corrected chi connectivity index (χ4v) is 2.04. The Morgan fingerprint density at radius 3 is 2.41 bits per heavy atom. The third-order valence-corrected chi connectivity index (χ3v) is 2.97. The maximum absolute atomic E-state index is 13.7. The lowest BCUT2D eigenvalue weighted by Crippen LogP contribution is -2.06. The van der Waals surface area contributed by atoms with Gasteiger partial charge in [0, 0.05) is 17.5 Å². The lowest BCUT2D eigenvalue weighted by molar-refractivity contribution is -0.0258. The highest BCUT2D eigenvalue weighted by atomic mass is 19.3. The predicted molar refractivity (Wildman–Crippen MR) is 52.8 cm³/mol. The van der Waals surface area contributed by atoms with Crippen LogP contribution in [0.25, 0.3) is 0 Å². The van der Waals surface area contributed by atoms with Gasteiger partial charge in [0.15, 0.2) is 0 Å². The molecule has 0 spiro atoms. The minimum atomic E-state index is -2.82. The van der Waals surface area contributed by atoms with Gasteiger partial charge in [-0.15, -0.1) is 0 Å². The Labute approximate surface area is 95.6 Å². The first-order chi connectivity index (χ1) is 8.09. The lowest BCUT2D eigenvalue weighted by Gasteiger charge is -2.15. The molecule has 1 aliphatic carbocycles. The molecule has 0 saturated heterocycles. The van der Waals surface area contributed by atoms with Crippen molar-refractivity contribution in [2.75, 3.05) is 0 Å². The number of hydrogen-bond donors (Lipinski definition) is 0. The number of halogens is 3. The predicted octanol–water partition coefficient (Wildman–Crippen LogP) is 3.46. The van der Waals surface area contributed by atoms with E-state index in [1.807, 2.05) is 0 Å². The molecule has 17 heavy (non-hydrogen) atoms. The summed E-state index contributed by atoms with van der Waals surface area (Å²) < 4.78 is 49.9. The third-order valence-electron chi connectivity index (χ3n) is 2.97. The van der Waals surface area contributed by atoms with Gasteiger partial charge in [0.1, 0.15) is 18.3 Å². The second-order valence-electron chi connectivity index (χ2n) is 4.14. The van der Waals surface area contributed by atoms with E-state index < -0.39 is 23.9 Å². The van der Waals surface area contributed by atoms with E-state index in [-0.39, 0.29) is 12.0 Å². The van der Waals surface area contributed by atoms with Crippen LogP contribution in [0.15, 0.2) is 30.7 Å². The molecule has 1 aromatic carbocycles. The molecular weight excluding hydrogens is 233 g/mol. The van der Waals surface area contributed by atoms with Crippen molar-refractivity contribution in [3.63, 3.8) is 0 Å². The van der Waals surface area contributed by atoms with Crippen LogP contribution in [-0.4, -0.2) is 5.92 Å². The van der Waals surface area contributed by atoms with Gasteiger partial charge < -0.3 is 9.47 Å². The minimum absolute atomic E-state index is 0.00574. The Kier molecular flexibility index (Phi) is 2.11. The van der Waals surface area contributed by atoms with Crippen LogP contribution in [0.2, 0.25) is 0 Å². The van der Waals surface area contributed by atoms with Gasteiger partial charge in [-0.2, -0.15) is 0 Å². The van der Waals surface area contributed by atoms with Crippen LogP contribution in [0.5, 0.6) is 0 Å². The van der Waals surface area contributed by atoms with E-state index >= 15 is 0 Å². The molecule has 1 atom stereocenters. The highest BCUT2D eigenvalue weighted by Crippen LogP contribution is 2.57. The van der Waals surface area contributed by atoms with Crippen LogP contribution in [0.4, 0.5) is 13.2 Å². The Morgan fingerprint density at radius 1 is 1.18 bits per heavy atom. The second kappa shape index (κ2) is 3.42. The van der Waals surface area contributed by atoms with Crippen LogP contribution in [-0.2, 0) is 9.47 Å². The average Bonchev–Trinajstić information content (AvgIpc) is 2.74. The monoisotopic (exact) mass is 242 g/mol. The SMILES string of the molecule is Fc1cccc(C2OC=CO2)c1C1CC1(F)F. The van der Waals surface area contributed by atoms with Gasteiger partial charge in [0.2, 0.25) is 0 Å². The molecule has 0 aromatic heterocycles. The molecule has 3 rings (SSSR count). The highest BCUT2D eigenvalue weighted by Gasteiger charge is 2.59. The van der Waals surface area contributed by atoms with E-state index in [4.69, 9.17) is 9.47 Å². The van der Waals surface area contributed by atoms with Crippen molar-refractivity contribution in [2.45, 2.75) is 24.6 Å². The molecule has 1 aromatic rings. The van der Waals surface area contributed by atoms with Crippen molar-refractivity contribution < 1.29 is 22.6 Å². The molecule has 1 unspecified atom stereocenters. The van der Waals surface area contributed by atoms with Crippen molar-refractivity contribution in [1.82, 2.24) is 0 Å². The average molecular weight is 242 g/mol. The summed E-state index contributed by atoms with van der Waals surface area (Å²) in [6.07, 6.45) is 1.48. The Morgan fingerprint density at radius 2 is 1.82 bits per heavy atom. The molecule has 0 radical (unpaired) electrons. The van der Waals surface area contributed by atoms with Gasteiger partial charge in [-0.3, -0.25) is 0 Å². The van der Waals surface area contributed by atoms with Crippen molar-refractivity contribution >= 4 is 0 Å². The van der Waals surface area contributed by atoms with Gasteiger partial charge in [0.25, 0.3) is 12.2 Å². The van der Waals surface area contributed by atoms with Crippen LogP contribution in [0.1, 0.15) is 29.8 Å². The molecule has 1 fully saturated rings. The van der Waals surface area contributed by atoms with Crippen molar-refractivity contribution in [3.8, 4) is 0 Å². The summed E-state index contributed by atoms with van der Waals surface area (Å²) >= 11 is 0. The van der Waals surface area contributed by atoms with E-state index in [2.05, 4.69) is 0 Å². The fourth-order valence-electron chi connectivity index (χ4n) is 2.04. The summed E-state index contributed by atoms with van der Waals surface area (Å²) in [6, 6.07) is 4.18. The van der Waals surface area contributed by atoms with Gasteiger partial charge in [-0.1, -0.05) is 12.1 Å². The molecular formula is C12H9F3O2. The van der Waals surface area contributed by atoms with Gasteiger partial charge in [-0.05, 0) is 6.07 Å². The summed E-state index contributed by atoms with van der Waals surface area (Å²) in [5, 5.41) is 0. The molecule has 5 heteroatoms. The zero-order valence-corrected chi connectivity index (χ0v) is 8.70. The van der Waals surface area contributed by atoms with Gasteiger partial charge in [-0.25, -0.2) is 13.2 Å². The van der Waals surface area contributed by atoms with Gasteiger partial charge in [0.05, 0.1) is 5.92 Å². The summed E-state index contributed by atoms with van der Waals surface area (Å²) in [5.74, 6) is -4.52. The number of alkyl halides is 2. The maximum Gasteiger partial charge on any atom is 0.266 e. The first-order valence-corrected chi connectivity index (χ1v) is 5.21. The van der Waals surface area contributed by atoms with Crippen molar-refractivity contribution in [1.29, 1.82) is 0 Å². The summed E-state index contributed by atoms with van der Waals surface area (Å²) in [7, 11) is 0. The molecule has 90 valence electrons. The molecule has 2 aliphatic rings. The zero-order chi connectivity index (χ0) is 12.0. The number of benzene rings is 1. The van der Waals surface area contributed by atoms with Gasteiger partial charge >= 0.3 is 0 Å². The standard InChI is InChI=1S/C12H9F3O2/c13-9-3-1-2-7(11-16-4-5-17-11)10(9)8-6-12(8,14)15/h1-5,8,11H,6H2. The smallest absolute Gasteiger partial charge is 0.266 e. The normalized spacial score (nSPS) is 25.5. The number of hydrogen-bond acceptors (Lipinski definition) is 2. The third kappa shape index (κ3) is 1.66. The van der Waals surface area contributed by atoms with Crippen LogP contribution >= 0.6 is 0 Å². The van der Waals surface area contributed by atoms with Crippen LogP contribution in [0.3, 0.4) is 0 Å². The molecule has 1 saturated carbocycles. The molecule has 0 N–H and O–H groups in total. The Bertz CT molecular complexity index is 477. The Balaban J connectivity index is 2.00. The van der Waals surface area contributed by atoms with E-state index in [0.717, 1.165) is 0 Å².